The van der Waals surface area contributed by atoms with Crippen LogP contribution in [0.2, 0.25) is 25.7 Å². The van der Waals surface area contributed by atoms with E-state index in [-0.39, 0.29) is 11.9 Å². The van der Waals surface area contributed by atoms with E-state index in [4.69, 9.17) is 9.15 Å². The van der Waals surface area contributed by atoms with Crippen LogP contribution in [0.1, 0.15) is 45.6 Å². The first-order valence-corrected chi connectivity index (χ1v) is 16.4. The van der Waals surface area contributed by atoms with Crippen molar-refractivity contribution in [2.24, 2.45) is 0 Å². The summed E-state index contributed by atoms with van der Waals surface area (Å²) >= 11 is 0. The summed E-state index contributed by atoms with van der Waals surface area (Å²) in [4.78, 5) is 30.1. The number of rotatable bonds is 8. The van der Waals surface area contributed by atoms with Gasteiger partial charge in [0.1, 0.15) is 12.4 Å². The van der Waals surface area contributed by atoms with E-state index in [1.54, 1.807) is 11.1 Å². The molecule has 1 aliphatic rings. The van der Waals surface area contributed by atoms with Gasteiger partial charge in [-0.3, -0.25) is 0 Å². The van der Waals surface area contributed by atoms with Crippen molar-refractivity contribution in [3.63, 3.8) is 0 Å². The van der Waals surface area contributed by atoms with Crippen molar-refractivity contribution in [1.29, 1.82) is 0 Å². The molecule has 0 spiro atoms. The summed E-state index contributed by atoms with van der Waals surface area (Å²) in [5.74, 6) is -0.452. The zero-order chi connectivity index (χ0) is 27.0. The molecule has 3 aromatic heterocycles. The number of pyridine rings is 1. The van der Waals surface area contributed by atoms with Crippen molar-refractivity contribution in [3.8, 4) is 11.5 Å². The first-order valence-electron chi connectivity index (χ1n) is 12.7. The van der Waals surface area contributed by atoms with Gasteiger partial charge in [0, 0.05) is 44.0 Å². The van der Waals surface area contributed by atoms with Gasteiger partial charge in [0.15, 0.2) is 0 Å². The van der Waals surface area contributed by atoms with Crippen LogP contribution in [0.3, 0.4) is 0 Å². The number of amides is 1. The first kappa shape index (κ1) is 26.9. The largest absolute Gasteiger partial charge is 0.465 e. The fraction of sp³-hybridized carbons (Fsp3) is 0.538. The van der Waals surface area contributed by atoms with Crippen LogP contribution in [0.4, 0.5) is 4.79 Å². The van der Waals surface area contributed by atoms with Crippen molar-refractivity contribution in [1.82, 2.24) is 24.6 Å². The van der Waals surface area contributed by atoms with Crippen LogP contribution >= 0.6 is 0 Å². The maximum atomic E-state index is 12.2. The van der Waals surface area contributed by atoms with E-state index in [2.05, 4.69) is 40.9 Å². The normalized spacial score (nSPS) is 16.7. The topological polar surface area (TPSA) is 126 Å². The number of carbonyl (C=O) groups is 1. The average Bonchev–Trinajstić information content (AvgIpc) is 3.38. The van der Waals surface area contributed by atoms with Gasteiger partial charge in [-0.1, -0.05) is 25.7 Å². The van der Waals surface area contributed by atoms with Crippen molar-refractivity contribution >= 4 is 30.8 Å². The predicted molar refractivity (Wildman–Crippen MR) is 145 cm³/mol. The molecule has 10 nitrogen and oxygen atoms in total. The second kappa shape index (κ2) is 10.3. The first-order chi connectivity index (χ1) is 17.3. The minimum Gasteiger partial charge on any atom is -0.465 e. The maximum absolute atomic E-state index is 12.2. The van der Waals surface area contributed by atoms with Gasteiger partial charge in [-0.25, -0.2) is 19.7 Å². The molecule has 0 saturated carbocycles. The fourth-order valence-corrected chi connectivity index (χ4v) is 5.71. The molecule has 1 atom stereocenters. The minimum atomic E-state index is -1.23. The Balaban J connectivity index is 1.74. The van der Waals surface area contributed by atoms with E-state index in [1.807, 2.05) is 37.6 Å². The van der Waals surface area contributed by atoms with Crippen LogP contribution in [0.15, 0.2) is 33.7 Å². The Labute approximate surface area is 217 Å². The summed E-state index contributed by atoms with van der Waals surface area (Å²) in [5.41, 5.74) is 2.78. The number of ether oxygens (including phenoxy) is 1. The molecule has 1 amide bonds. The van der Waals surface area contributed by atoms with Crippen molar-refractivity contribution in [2.75, 3.05) is 6.61 Å². The third-order valence-electron chi connectivity index (χ3n) is 6.64. The third-order valence-corrected chi connectivity index (χ3v) is 8.34. The van der Waals surface area contributed by atoms with Crippen molar-refractivity contribution in [2.45, 2.75) is 84.0 Å². The lowest BCUT2D eigenvalue weighted by Crippen LogP contribution is -2.51. The van der Waals surface area contributed by atoms with E-state index >= 15 is 0 Å². The van der Waals surface area contributed by atoms with Gasteiger partial charge in [0.2, 0.25) is 0 Å². The molecule has 4 rings (SSSR count). The maximum Gasteiger partial charge on any atom is 0.434 e. The third kappa shape index (κ3) is 6.04. The molecule has 0 radical (unpaired) electrons. The number of hydrogen-bond acceptors (Lipinski definition) is 6. The molecule has 3 heterocycles. The summed E-state index contributed by atoms with van der Waals surface area (Å²) < 4.78 is 13.3. The second-order valence-corrected chi connectivity index (χ2v) is 17.4. The monoisotopic (exact) mass is 527 g/mol. The number of allylic oxidation sites excluding steroid dienone is 1. The molecular formula is C26H37N5O5Si. The summed E-state index contributed by atoms with van der Waals surface area (Å²) in [6.45, 7) is 13.7. The highest BCUT2D eigenvalue weighted by Gasteiger charge is 2.35. The Morgan fingerprint density at radius 3 is 2.70 bits per heavy atom. The standard InChI is InChI=1S/C26H37N5O5Si/c1-26(2,3)31(25(33)34)18-9-7-8-17(14-18)19-10-11-27-22-21(19)20(23-28-29-24(32)36-23)15-30(22)16-35-12-13-37(4,5)6/h8,10-11,15,18H,7,9,12-14,16H2,1-6H3,(H,29,32)(H,33,34). The van der Waals surface area contributed by atoms with Crippen LogP contribution in [-0.2, 0) is 11.5 Å². The van der Waals surface area contributed by atoms with E-state index in [9.17, 15) is 14.7 Å². The summed E-state index contributed by atoms with van der Waals surface area (Å²) in [6, 6.07) is 2.83. The summed E-state index contributed by atoms with van der Waals surface area (Å²) in [6.07, 6.45) is 6.95. The van der Waals surface area contributed by atoms with Crippen LogP contribution in [0, 0.1) is 0 Å². The highest BCUT2D eigenvalue weighted by molar-refractivity contribution is 6.76. The van der Waals surface area contributed by atoms with E-state index in [0.29, 0.717) is 31.0 Å². The lowest BCUT2D eigenvalue weighted by atomic mass is 9.86. The molecule has 0 saturated heterocycles. The number of H-pyrrole nitrogens is 1. The molecule has 0 aliphatic heterocycles. The lowest BCUT2D eigenvalue weighted by Gasteiger charge is -2.41. The van der Waals surface area contributed by atoms with Crippen molar-refractivity contribution < 1.29 is 19.1 Å². The Morgan fingerprint density at radius 1 is 1.32 bits per heavy atom. The van der Waals surface area contributed by atoms with Crippen LogP contribution in [0.5, 0.6) is 0 Å². The van der Waals surface area contributed by atoms with Crippen LogP contribution in [-0.4, -0.2) is 62.1 Å². The number of carboxylic acid groups (broad SMARTS) is 1. The van der Waals surface area contributed by atoms with Crippen LogP contribution in [0.25, 0.3) is 28.1 Å². The molecule has 3 aromatic rings. The van der Waals surface area contributed by atoms with E-state index < -0.39 is 25.5 Å². The zero-order valence-corrected chi connectivity index (χ0v) is 23.5. The zero-order valence-electron chi connectivity index (χ0n) is 22.5. The number of hydrogen-bond donors (Lipinski definition) is 2. The Hall–Kier alpha value is -3.18. The molecule has 37 heavy (non-hydrogen) atoms. The molecule has 200 valence electrons. The Morgan fingerprint density at radius 2 is 2.08 bits per heavy atom. The summed E-state index contributed by atoms with van der Waals surface area (Å²) in [5, 5.41) is 17.2. The lowest BCUT2D eigenvalue weighted by molar-refractivity contribution is 0.0679. The van der Waals surface area contributed by atoms with Gasteiger partial charge in [-0.15, -0.1) is 5.10 Å². The summed E-state index contributed by atoms with van der Waals surface area (Å²) in [7, 11) is -1.23. The fourth-order valence-electron chi connectivity index (χ4n) is 4.95. The molecule has 0 fully saturated rings. The van der Waals surface area contributed by atoms with Gasteiger partial charge >= 0.3 is 11.8 Å². The van der Waals surface area contributed by atoms with Gasteiger partial charge in [0.05, 0.1) is 5.56 Å². The van der Waals surface area contributed by atoms with Gasteiger partial charge in [-0.2, -0.15) is 0 Å². The Bertz CT molecular complexity index is 1360. The number of aromatic nitrogens is 4. The predicted octanol–water partition coefficient (Wildman–Crippen LogP) is 5.41. The quantitative estimate of drug-likeness (QED) is 0.296. The number of nitrogens with one attached hydrogen (secondary N) is 1. The molecule has 2 N–H and O–H groups in total. The van der Waals surface area contributed by atoms with Crippen molar-refractivity contribution in [3.05, 3.63) is 40.7 Å². The molecular weight excluding hydrogens is 490 g/mol. The number of aromatic amines is 1. The van der Waals surface area contributed by atoms with Crippen LogP contribution < -0.4 is 5.76 Å². The average molecular weight is 528 g/mol. The van der Waals surface area contributed by atoms with Gasteiger partial charge in [0.25, 0.3) is 5.89 Å². The smallest absolute Gasteiger partial charge is 0.434 e. The molecule has 1 unspecified atom stereocenters. The molecule has 0 aromatic carbocycles. The SMILES string of the molecule is CC(C)(C)N(C(=O)O)C1CCC=C(c2ccnc3c2c(-c2n[nH]c(=O)o2)cn3COCC[Si](C)(C)C)C1. The van der Waals surface area contributed by atoms with E-state index in [0.717, 1.165) is 35.4 Å². The molecule has 1 aliphatic carbocycles. The van der Waals surface area contributed by atoms with Gasteiger partial charge in [-0.05, 0) is 63.3 Å². The molecule has 11 heteroatoms. The second-order valence-electron chi connectivity index (χ2n) is 11.8. The van der Waals surface area contributed by atoms with E-state index in [1.165, 1.54) is 0 Å². The van der Waals surface area contributed by atoms with Gasteiger partial charge < -0.3 is 23.7 Å². The number of fused-ring (bicyclic) bond motifs is 1. The highest BCUT2D eigenvalue weighted by atomic mass is 28.3. The highest BCUT2D eigenvalue weighted by Crippen LogP contribution is 2.39. The minimum absolute atomic E-state index is 0.153. The Kier molecular flexibility index (Phi) is 7.47. The number of nitrogens with zero attached hydrogens (tertiary/aromatic N) is 4. The molecule has 0 bridgehead atoms.